The number of benzene rings is 3. The smallest absolute Gasteiger partial charge is 0.337 e. The summed E-state index contributed by atoms with van der Waals surface area (Å²) in [5.74, 6) is -5.59. The molecule has 0 radical (unpaired) electrons. The second-order valence-electron chi connectivity index (χ2n) is 12.8. The molecule has 6 rings (SSSR count). The Bertz CT molecular complexity index is 2200. The molecule has 2 aliphatic rings. The molecule has 2 saturated heterocycles. The lowest BCUT2D eigenvalue weighted by atomic mass is 9.99. The van der Waals surface area contributed by atoms with Crippen molar-refractivity contribution in [2.24, 2.45) is 0 Å². The van der Waals surface area contributed by atoms with Crippen molar-refractivity contribution in [2.45, 2.75) is 61.4 Å². The number of fused-ring (bicyclic) bond motifs is 1. The zero-order valence-electron chi connectivity index (χ0n) is 29.4. The molecule has 0 amide bonds. The van der Waals surface area contributed by atoms with Gasteiger partial charge in [0.25, 0.3) is 0 Å². The first-order valence-corrected chi connectivity index (χ1v) is 16.9. The minimum absolute atomic E-state index is 0.0698. The highest BCUT2D eigenvalue weighted by molar-refractivity contribution is 5.89. The Balaban J connectivity index is 1.38. The lowest BCUT2D eigenvalue weighted by Gasteiger charge is -2.41. The molecule has 2 fully saturated rings. The molecule has 0 bridgehead atoms. The van der Waals surface area contributed by atoms with Crippen LogP contribution >= 0.6 is 0 Å². The van der Waals surface area contributed by atoms with Crippen LogP contribution in [-0.2, 0) is 28.5 Å². The van der Waals surface area contributed by atoms with Gasteiger partial charge in [-0.15, -0.1) is 0 Å². The third-order valence-corrected chi connectivity index (χ3v) is 9.01. The molecule has 10 N–H and O–H groups in total. The van der Waals surface area contributed by atoms with Gasteiger partial charge in [0, 0.05) is 23.8 Å². The second-order valence-corrected chi connectivity index (χ2v) is 12.8. The van der Waals surface area contributed by atoms with Crippen LogP contribution in [0.5, 0.6) is 34.5 Å². The summed E-state index contributed by atoms with van der Waals surface area (Å²) >= 11 is 0. The maximum atomic E-state index is 14.2. The van der Waals surface area contributed by atoms with Gasteiger partial charge in [-0.25, -0.2) is 9.59 Å². The van der Waals surface area contributed by atoms with Gasteiger partial charge >= 0.3 is 11.9 Å². The quantitative estimate of drug-likeness (QED) is 0.0527. The van der Waals surface area contributed by atoms with Crippen molar-refractivity contribution in [3.63, 3.8) is 0 Å². The molecule has 0 saturated carbocycles. The number of methoxy groups -OCH3 is 1. The summed E-state index contributed by atoms with van der Waals surface area (Å²) in [7, 11) is 0.995. The zero-order valence-corrected chi connectivity index (χ0v) is 29.4. The van der Waals surface area contributed by atoms with Gasteiger partial charge in [-0.3, -0.25) is 4.79 Å². The van der Waals surface area contributed by atoms with Gasteiger partial charge in [-0.1, -0.05) is 6.07 Å². The van der Waals surface area contributed by atoms with Gasteiger partial charge in [0.15, 0.2) is 29.5 Å². The summed E-state index contributed by atoms with van der Waals surface area (Å²) in [5.41, 5.74) is -1.16. The van der Waals surface area contributed by atoms with Crippen molar-refractivity contribution in [1.29, 1.82) is 0 Å². The highest BCUT2D eigenvalue weighted by Gasteiger charge is 2.50. The molecule has 57 heavy (non-hydrogen) atoms. The number of esters is 2. The van der Waals surface area contributed by atoms with Crippen molar-refractivity contribution in [3.05, 3.63) is 76.5 Å². The number of hydrogen-bond donors (Lipinski definition) is 10. The molecule has 3 aromatic carbocycles. The predicted molar refractivity (Wildman–Crippen MR) is 188 cm³/mol. The number of aliphatic hydroxyl groups excluding tert-OH is 6. The molecule has 3 heterocycles. The fourth-order valence-electron chi connectivity index (χ4n) is 6.00. The SMILES string of the molecule is COC(=O)[C@H]1O[C@@H](Oc2cc(O)c3c(=O)c(O[C@H]4O[C@@H](CO)[C@H](O)[C@@H](O)[C@@H]4OC(=O)C=Cc4ccc(O)c(O)c4)c(-c4ccc(O)cc4)oc3c2)[C@H](O)[C@@H](O)[C@@H]1O. The number of phenolic OH excluding ortho intramolecular Hbond substituents is 4. The summed E-state index contributed by atoms with van der Waals surface area (Å²) in [4.78, 5) is 39.3. The molecule has 4 aromatic rings. The Morgan fingerprint density at radius 1 is 0.772 bits per heavy atom. The van der Waals surface area contributed by atoms with Gasteiger partial charge in [0.2, 0.25) is 23.8 Å². The Kier molecular flexibility index (Phi) is 11.9. The van der Waals surface area contributed by atoms with Crippen LogP contribution in [0.4, 0.5) is 0 Å². The summed E-state index contributed by atoms with van der Waals surface area (Å²) in [6.07, 6.45) is -16.5. The van der Waals surface area contributed by atoms with E-state index in [0.717, 1.165) is 37.5 Å². The van der Waals surface area contributed by atoms with Crippen molar-refractivity contribution in [2.75, 3.05) is 13.7 Å². The molecule has 1 aromatic heterocycles. The molecular weight excluding hydrogens is 764 g/mol. The number of aliphatic hydroxyl groups is 6. The number of hydrogen-bond acceptors (Lipinski definition) is 20. The van der Waals surface area contributed by atoms with E-state index >= 15 is 0 Å². The van der Waals surface area contributed by atoms with E-state index in [0.29, 0.717) is 0 Å². The van der Waals surface area contributed by atoms with E-state index < -0.39 is 120 Å². The Morgan fingerprint density at radius 2 is 1.49 bits per heavy atom. The molecule has 304 valence electrons. The van der Waals surface area contributed by atoms with Crippen LogP contribution in [0.25, 0.3) is 28.4 Å². The Morgan fingerprint density at radius 3 is 2.16 bits per heavy atom. The first kappa shape index (κ1) is 40.7. The molecule has 20 nitrogen and oxygen atoms in total. The predicted octanol–water partition coefficient (Wildman–Crippen LogP) is -0.915. The summed E-state index contributed by atoms with van der Waals surface area (Å²) in [6, 6.07) is 10.7. The summed E-state index contributed by atoms with van der Waals surface area (Å²) in [6.45, 7) is -0.876. The third-order valence-electron chi connectivity index (χ3n) is 9.01. The van der Waals surface area contributed by atoms with E-state index in [1.807, 2.05) is 0 Å². The van der Waals surface area contributed by atoms with Crippen LogP contribution in [0.2, 0.25) is 0 Å². The minimum atomic E-state index is -1.98. The lowest BCUT2D eigenvalue weighted by Crippen LogP contribution is -2.61. The second kappa shape index (κ2) is 16.6. The van der Waals surface area contributed by atoms with E-state index in [1.54, 1.807) is 0 Å². The number of aromatic hydroxyl groups is 4. The standard InChI is InChI=1S/C37H36O20/c1-51-35(50)33-29(48)27(46)30(49)36(57-33)52-17-11-20(42)24-21(12-17)53-31(15-4-6-16(39)7-5-15)32(26(24)45)56-37-34(28(47)25(44)22(13-38)54-37)55-23(43)9-3-14-2-8-18(40)19(41)10-14/h2-12,22,25,27-30,33-34,36-42,44,46-49H,13H2,1H3/t22-,25-,27-,28+,29-,30+,33-,34-,36+,37+/m0/s1. The van der Waals surface area contributed by atoms with E-state index in [-0.39, 0.29) is 28.2 Å². The molecule has 20 heteroatoms. The van der Waals surface area contributed by atoms with Crippen molar-refractivity contribution in [3.8, 4) is 45.8 Å². The molecular formula is C37H36O20. The minimum Gasteiger partial charge on any atom is -0.508 e. The molecule has 2 aliphatic heterocycles. The monoisotopic (exact) mass is 800 g/mol. The third kappa shape index (κ3) is 8.28. The van der Waals surface area contributed by atoms with Crippen LogP contribution in [0, 0.1) is 0 Å². The number of ether oxygens (including phenoxy) is 6. The molecule has 0 unspecified atom stereocenters. The van der Waals surface area contributed by atoms with Gasteiger partial charge in [-0.2, -0.15) is 0 Å². The summed E-state index contributed by atoms with van der Waals surface area (Å²) < 4.78 is 38.5. The fraction of sp³-hybridized carbons (Fsp3) is 0.324. The van der Waals surface area contributed by atoms with Crippen LogP contribution in [-0.4, -0.2) is 138 Å². The molecule has 0 spiro atoms. The largest absolute Gasteiger partial charge is 0.508 e. The van der Waals surface area contributed by atoms with Crippen molar-refractivity contribution in [1.82, 2.24) is 0 Å². The first-order valence-electron chi connectivity index (χ1n) is 16.9. The van der Waals surface area contributed by atoms with Crippen molar-refractivity contribution < 1.29 is 93.5 Å². The maximum absolute atomic E-state index is 14.2. The van der Waals surface area contributed by atoms with Gasteiger partial charge in [-0.05, 0) is 48.0 Å². The highest BCUT2D eigenvalue weighted by atomic mass is 16.7. The van der Waals surface area contributed by atoms with Crippen molar-refractivity contribution >= 4 is 29.0 Å². The highest BCUT2D eigenvalue weighted by Crippen LogP contribution is 2.39. The Labute approximate surface area is 319 Å². The zero-order chi connectivity index (χ0) is 41.3. The van der Waals surface area contributed by atoms with E-state index in [1.165, 1.54) is 36.4 Å². The topological polar surface area (TPSA) is 322 Å². The average Bonchev–Trinajstić information content (AvgIpc) is 3.18. The van der Waals surface area contributed by atoms with Crippen LogP contribution in [0.1, 0.15) is 5.56 Å². The van der Waals surface area contributed by atoms with Crippen LogP contribution in [0.15, 0.2) is 69.9 Å². The Hall–Kier alpha value is -5.97. The molecule has 0 aliphatic carbocycles. The normalized spacial score (nSPS) is 27.6. The van der Waals surface area contributed by atoms with Gasteiger partial charge in [0.1, 0.15) is 64.8 Å². The average molecular weight is 801 g/mol. The number of phenols is 4. The number of carbonyl (C=O) groups excluding carboxylic acids is 2. The van der Waals surface area contributed by atoms with E-state index in [2.05, 4.69) is 4.74 Å². The molecule has 10 atom stereocenters. The number of rotatable bonds is 10. The van der Waals surface area contributed by atoms with E-state index in [9.17, 15) is 65.4 Å². The van der Waals surface area contributed by atoms with Gasteiger partial charge in [0.05, 0.1) is 13.7 Å². The number of carbonyl (C=O) groups is 2. The van der Waals surface area contributed by atoms with Crippen LogP contribution < -0.4 is 14.9 Å². The fourth-order valence-corrected chi connectivity index (χ4v) is 6.00. The van der Waals surface area contributed by atoms with Crippen LogP contribution in [0.3, 0.4) is 0 Å². The first-order chi connectivity index (χ1) is 27.1. The lowest BCUT2D eigenvalue weighted by molar-refractivity contribution is -0.281. The van der Waals surface area contributed by atoms with Gasteiger partial charge < -0.3 is 83.9 Å². The maximum Gasteiger partial charge on any atom is 0.337 e. The van der Waals surface area contributed by atoms with E-state index in [4.69, 9.17) is 28.1 Å². The summed E-state index contributed by atoms with van der Waals surface area (Å²) in [5, 5.41) is 102.